The average Bonchev–Trinajstić information content (AvgIpc) is 2.98. The molecule has 1 aromatic heterocycles. The molecule has 0 aliphatic heterocycles. The molecule has 2 aromatic rings. The van der Waals surface area contributed by atoms with E-state index < -0.39 is 0 Å². The largest absolute Gasteiger partial charge is 0.467 e. The number of rotatable bonds is 3. The summed E-state index contributed by atoms with van der Waals surface area (Å²) < 4.78 is 5.25. The lowest BCUT2D eigenvalue weighted by Gasteiger charge is -2.17. The van der Waals surface area contributed by atoms with Crippen LogP contribution >= 0.6 is 0 Å². The molecule has 2 rings (SSSR count). The number of furan rings is 1. The molecule has 0 fully saturated rings. The zero-order valence-electron chi connectivity index (χ0n) is 12.1. The Morgan fingerprint density at radius 3 is 2.81 bits per heavy atom. The molecule has 4 heteroatoms. The molecule has 0 bridgehead atoms. The quantitative estimate of drug-likeness (QED) is 0.879. The van der Waals surface area contributed by atoms with Crippen LogP contribution in [0.4, 0.5) is 0 Å². The number of carbonyl (C=O) groups is 1. The first-order chi connectivity index (χ1) is 10.1. The number of hydrogen-bond donors (Lipinski definition) is 1. The lowest BCUT2D eigenvalue weighted by Crippen LogP contribution is -2.26. The Kier molecular flexibility index (Phi) is 4.81. The number of aliphatic hydroxyl groups excluding tert-OH is 1. The van der Waals surface area contributed by atoms with Crippen molar-refractivity contribution in [2.75, 3.05) is 13.7 Å². The molecule has 21 heavy (non-hydrogen) atoms. The van der Waals surface area contributed by atoms with Crippen LogP contribution in [0, 0.1) is 18.8 Å². The van der Waals surface area contributed by atoms with Gasteiger partial charge in [-0.05, 0) is 36.8 Å². The van der Waals surface area contributed by atoms with Gasteiger partial charge in [0.05, 0.1) is 12.8 Å². The lowest BCUT2D eigenvalue weighted by atomic mass is 10.0. The summed E-state index contributed by atoms with van der Waals surface area (Å²) in [4.78, 5) is 14.1. The van der Waals surface area contributed by atoms with E-state index >= 15 is 0 Å². The Balaban J connectivity index is 2.22. The third-order valence-electron chi connectivity index (χ3n) is 3.19. The van der Waals surface area contributed by atoms with Gasteiger partial charge in [0.2, 0.25) is 0 Å². The van der Waals surface area contributed by atoms with Crippen molar-refractivity contribution in [1.82, 2.24) is 4.90 Å². The van der Waals surface area contributed by atoms with Gasteiger partial charge in [-0.2, -0.15) is 0 Å². The van der Waals surface area contributed by atoms with Crippen LogP contribution in [0.2, 0.25) is 0 Å². The summed E-state index contributed by atoms with van der Waals surface area (Å²) in [7, 11) is 1.73. The third kappa shape index (κ3) is 3.53. The van der Waals surface area contributed by atoms with Crippen molar-refractivity contribution in [3.63, 3.8) is 0 Å². The topological polar surface area (TPSA) is 53.7 Å². The van der Waals surface area contributed by atoms with Crippen molar-refractivity contribution in [3.05, 3.63) is 59.0 Å². The minimum atomic E-state index is -0.198. The maximum Gasteiger partial charge on any atom is 0.254 e. The summed E-state index contributed by atoms with van der Waals surface area (Å²) in [6.07, 6.45) is 1.59. The van der Waals surface area contributed by atoms with Crippen LogP contribution in [0.5, 0.6) is 0 Å². The molecule has 108 valence electrons. The molecule has 0 aliphatic rings. The van der Waals surface area contributed by atoms with Crippen molar-refractivity contribution < 1.29 is 14.3 Å². The van der Waals surface area contributed by atoms with E-state index in [1.54, 1.807) is 36.4 Å². The number of nitrogens with zero attached hydrogens (tertiary/aromatic N) is 1. The predicted octanol–water partition coefficient (Wildman–Crippen LogP) is 2.20. The van der Waals surface area contributed by atoms with Gasteiger partial charge in [-0.15, -0.1) is 0 Å². The van der Waals surface area contributed by atoms with Crippen LogP contribution in [-0.4, -0.2) is 29.6 Å². The van der Waals surface area contributed by atoms with Gasteiger partial charge in [0, 0.05) is 18.2 Å². The monoisotopic (exact) mass is 283 g/mol. The number of aliphatic hydroxyl groups is 1. The average molecular weight is 283 g/mol. The van der Waals surface area contributed by atoms with Crippen molar-refractivity contribution in [2.24, 2.45) is 0 Å². The first-order valence-corrected chi connectivity index (χ1v) is 6.60. The van der Waals surface area contributed by atoms with Crippen LogP contribution in [0.3, 0.4) is 0 Å². The summed E-state index contributed by atoms with van der Waals surface area (Å²) in [5.41, 5.74) is 2.17. The minimum absolute atomic E-state index is 0.0865. The maximum absolute atomic E-state index is 12.5. The molecule has 0 unspecified atom stereocenters. The smallest absolute Gasteiger partial charge is 0.254 e. The summed E-state index contributed by atoms with van der Waals surface area (Å²) in [5.74, 6) is 6.11. The van der Waals surface area contributed by atoms with Crippen molar-refractivity contribution in [1.29, 1.82) is 0 Å². The van der Waals surface area contributed by atoms with Crippen LogP contribution in [-0.2, 0) is 6.54 Å². The number of carbonyl (C=O) groups excluding carboxylic acids is 1. The van der Waals surface area contributed by atoms with Crippen molar-refractivity contribution in [2.45, 2.75) is 13.5 Å². The summed E-state index contributed by atoms with van der Waals surface area (Å²) in [6, 6.07) is 9.04. The standard InChI is InChI=1S/C17H17NO3/c1-13-14(7-4-10-19)6-3-9-16(13)17(20)18(2)12-15-8-5-11-21-15/h3,5-6,8-9,11,19H,10,12H2,1-2H3. The summed E-state index contributed by atoms with van der Waals surface area (Å²) in [5, 5.41) is 8.77. The fourth-order valence-corrected chi connectivity index (χ4v) is 2.05. The number of amides is 1. The van der Waals surface area contributed by atoms with Gasteiger partial charge in [0.15, 0.2) is 0 Å². The van der Waals surface area contributed by atoms with Crippen LogP contribution in [0.25, 0.3) is 0 Å². The second-order valence-corrected chi connectivity index (χ2v) is 4.68. The van der Waals surface area contributed by atoms with E-state index in [4.69, 9.17) is 9.52 Å². The highest BCUT2D eigenvalue weighted by molar-refractivity contribution is 5.96. The van der Waals surface area contributed by atoms with Crippen LogP contribution < -0.4 is 0 Å². The van der Waals surface area contributed by atoms with Gasteiger partial charge in [-0.25, -0.2) is 0 Å². The Bertz CT molecular complexity index is 678. The SMILES string of the molecule is Cc1c(C#CCO)cccc1C(=O)N(C)Cc1ccco1. The Hall–Kier alpha value is -2.51. The molecule has 0 saturated carbocycles. The molecular formula is C17H17NO3. The van der Waals surface area contributed by atoms with Gasteiger partial charge in [0.1, 0.15) is 12.4 Å². The first-order valence-electron chi connectivity index (χ1n) is 6.60. The van der Waals surface area contributed by atoms with E-state index in [-0.39, 0.29) is 12.5 Å². The molecule has 0 aliphatic carbocycles. The second-order valence-electron chi connectivity index (χ2n) is 4.68. The Morgan fingerprint density at radius 1 is 1.33 bits per heavy atom. The van der Waals surface area contributed by atoms with E-state index in [2.05, 4.69) is 11.8 Å². The first kappa shape index (κ1) is 14.9. The molecule has 1 heterocycles. The summed E-state index contributed by atoms with van der Waals surface area (Å²) in [6.45, 7) is 2.07. The molecule has 0 saturated heterocycles. The zero-order valence-corrected chi connectivity index (χ0v) is 12.1. The van der Waals surface area contributed by atoms with E-state index in [9.17, 15) is 4.79 Å². The number of hydrogen-bond acceptors (Lipinski definition) is 3. The zero-order chi connectivity index (χ0) is 15.2. The molecule has 0 spiro atoms. The normalized spacial score (nSPS) is 9.86. The Labute approximate surface area is 124 Å². The van der Waals surface area contributed by atoms with E-state index in [1.807, 2.05) is 19.1 Å². The minimum Gasteiger partial charge on any atom is -0.467 e. The van der Waals surface area contributed by atoms with Crippen LogP contribution in [0.15, 0.2) is 41.0 Å². The molecule has 1 N–H and O–H groups in total. The maximum atomic E-state index is 12.5. The second kappa shape index (κ2) is 6.78. The van der Waals surface area contributed by atoms with Gasteiger partial charge >= 0.3 is 0 Å². The lowest BCUT2D eigenvalue weighted by molar-refractivity contribution is 0.0774. The van der Waals surface area contributed by atoms with E-state index in [0.717, 1.165) is 16.9 Å². The molecule has 0 radical (unpaired) electrons. The molecule has 1 aromatic carbocycles. The van der Waals surface area contributed by atoms with Gasteiger partial charge in [-0.1, -0.05) is 17.9 Å². The molecule has 4 nitrogen and oxygen atoms in total. The molecule has 0 atom stereocenters. The summed E-state index contributed by atoms with van der Waals surface area (Å²) >= 11 is 0. The Morgan fingerprint density at radius 2 is 2.14 bits per heavy atom. The van der Waals surface area contributed by atoms with Gasteiger partial charge in [-0.3, -0.25) is 4.79 Å². The van der Waals surface area contributed by atoms with E-state index in [0.29, 0.717) is 12.1 Å². The molecule has 1 amide bonds. The van der Waals surface area contributed by atoms with Gasteiger partial charge in [0.25, 0.3) is 5.91 Å². The van der Waals surface area contributed by atoms with Crippen LogP contribution in [0.1, 0.15) is 27.2 Å². The van der Waals surface area contributed by atoms with E-state index in [1.165, 1.54) is 0 Å². The third-order valence-corrected chi connectivity index (χ3v) is 3.19. The number of benzene rings is 1. The fourth-order valence-electron chi connectivity index (χ4n) is 2.05. The van der Waals surface area contributed by atoms with Crippen molar-refractivity contribution in [3.8, 4) is 11.8 Å². The van der Waals surface area contributed by atoms with Gasteiger partial charge < -0.3 is 14.4 Å². The fraction of sp³-hybridized carbons (Fsp3) is 0.235. The highest BCUT2D eigenvalue weighted by atomic mass is 16.3. The highest BCUT2D eigenvalue weighted by Gasteiger charge is 2.16. The highest BCUT2D eigenvalue weighted by Crippen LogP contribution is 2.16. The molecular weight excluding hydrogens is 266 g/mol. The predicted molar refractivity (Wildman–Crippen MR) is 79.6 cm³/mol. The van der Waals surface area contributed by atoms with Crippen molar-refractivity contribution >= 4 is 5.91 Å².